The highest BCUT2D eigenvalue weighted by atomic mass is 35.5. The van der Waals surface area contributed by atoms with Crippen molar-refractivity contribution >= 4 is 57.5 Å². The molecular formula is C20H14Cl2N4O4S. The molecule has 1 N–H and O–H groups in total. The van der Waals surface area contributed by atoms with Gasteiger partial charge in [0.25, 0.3) is 11.9 Å². The van der Waals surface area contributed by atoms with E-state index in [4.69, 9.17) is 32.7 Å². The Hall–Kier alpha value is -3.14. The largest absolute Gasteiger partial charge is 0.513 e. The Labute approximate surface area is 190 Å². The van der Waals surface area contributed by atoms with Gasteiger partial charge in [-0.15, -0.1) is 16.4 Å². The third-order valence-electron chi connectivity index (χ3n) is 4.09. The van der Waals surface area contributed by atoms with Crippen LogP contribution < -0.4 is 10.1 Å². The van der Waals surface area contributed by atoms with Gasteiger partial charge in [-0.2, -0.15) is 4.98 Å². The van der Waals surface area contributed by atoms with Gasteiger partial charge in [0.15, 0.2) is 0 Å². The molecule has 11 heteroatoms. The number of thiazole rings is 1. The molecule has 0 aliphatic heterocycles. The molecule has 0 atom stereocenters. The van der Waals surface area contributed by atoms with Gasteiger partial charge in [0.2, 0.25) is 4.96 Å². The van der Waals surface area contributed by atoms with Gasteiger partial charge >= 0.3 is 6.16 Å². The predicted octanol–water partition coefficient (Wildman–Crippen LogP) is 5.55. The molecule has 2 heterocycles. The van der Waals surface area contributed by atoms with Crippen molar-refractivity contribution in [2.24, 2.45) is 0 Å². The lowest BCUT2D eigenvalue weighted by molar-refractivity contribution is 0.102. The smallest absolute Gasteiger partial charge is 0.434 e. The maximum Gasteiger partial charge on any atom is 0.513 e. The third kappa shape index (κ3) is 4.63. The van der Waals surface area contributed by atoms with Gasteiger partial charge < -0.3 is 9.47 Å². The van der Waals surface area contributed by atoms with Crippen LogP contribution in [0.3, 0.4) is 0 Å². The van der Waals surface area contributed by atoms with Crippen LogP contribution >= 0.6 is 34.5 Å². The zero-order chi connectivity index (χ0) is 22.0. The van der Waals surface area contributed by atoms with Gasteiger partial charge in [-0.3, -0.25) is 10.1 Å². The van der Waals surface area contributed by atoms with Crippen LogP contribution in [0.25, 0.3) is 16.2 Å². The maximum absolute atomic E-state index is 12.5. The first kappa shape index (κ1) is 21.1. The van der Waals surface area contributed by atoms with E-state index in [1.54, 1.807) is 29.6 Å². The summed E-state index contributed by atoms with van der Waals surface area (Å²) in [5.74, 6) is 0.00200. The van der Waals surface area contributed by atoms with E-state index in [-0.39, 0.29) is 18.3 Å². The number of carbonyl (C=O) groups excluding carboxylic acids is 2. The standard InChI is InChI=1S/C20H14Cl2N4O4S/c1-2-29-20(28)30-13-6-3-11(4-7-13)17(27)23-18-24-19-26(25-18)16(10-31-19)14-8-5-12(21)9-15(14)22/h3-10H,2H2,1H3,(H,23,25,27). The second kappa shape index (κ2) is 8.93. The van der Waals surface area contributed by atoms with Gasteiger partial charge in [0, 0.05) is 21.5 Å². The van der Waals surface area contributed by atoms with E-state index in [2.05, 4.69) is 15.4 Å². The number of carbonyl (C=O) groups is 2. The molecule has 8 nitrogen and oxygen atoms in total. The molecule has 0 fully saturated rings. The van der Waals surface area contributed by atoms with Crippen LogP contribution in [0.15, 0.2) is 47.8 Å². The Bertz CT molecular complexity index is 1270. The number of rotatable bonds is 5. The Morgan fingerprint density at radius 2 is 1.94 bits per heavy atom. The molecular weight excluding hydrogens is 463 g/mol. The minimum absolute atomic E-state index is 0.148. The molecule has 0 saturated heterocycles. The fourth-order valence-electron chi connectivity index (χ4n) is 2.71. The van der Waals surface area contributed by atoms with Gasteiger partial charge in [0.1, 0.15) is 5.75 Å². The summed E-state index contributed by atoms with van der Waals surface area (Å²) in [6.07, 6.45) is -0.807. The molecule has 0 saturated carbocycles. The van der Waals surface area contributed by atoms with Crippen LogP contribution in [0.1, 0.15) is 17.3 Å². The molecule has 0 bridgehead atoms. The Morgan fingerprint density at radius 3 is 2.65 bits per heavy atom. The number of halogens is 2. The molecule has 4 aromatic rings. The van der Waals surface area contributed by atoms with Gasteiger partial charge in [-0.25, -0.2) is 9.31 Å². The van der Waals surface area contributed by atoms with Crippen LogP contribution in [-0.4, -0.2) is 33.3 Å². The molecule has 2 aromatic carbocycles. The van der Waals surface area contributed by atoms with Crippen molar-refractivity contribution in [1.82, 2.24) is 14.6 Å². The van der Waals surface area contributed by atoms with E-state index in [0.717, 1.165) is 11.3 Å². The summed E-state index contributed by atoms with van der Waals surface area (Å²) in [6, 6.07) is 11.2. The number of amides is 1. The Balaban J connectivity index is 1.50. The van der Waals surface area contributed by atoms with Crippen LogP contribution in [0.4, 0.5) is 10.7 Å². The topological polar surface area (TPSA) is 94.8 Å². The van der Waals surface area contributed by atoms with Crippen molar-refractivity contribution in [3.05, 3.63) is 63.5 Å². The van der Waals surface area contributed by atoms with E-state index in [0.29, 0.717) is 20.6 Å². The minimum atomic E-state index is -0.807. The molecule has 4 rings (SSSR count). The fourth-order valence-corrected chi connectivity index (χ4v) is 4.04. The van der Waals surface area contributed by atoms with Crippen LogP contribution in [0.2, 0.25) is 10.0 Å². The zero-order valence-electron chi connectivity index (χ0n) is 16.0. The van der Waals surface area contributed by atoms with E-state index in [1.807, 2.05) is 5.38 Å². The SMILES string of the molecule is CCOC(=O)Oc1ccc(C(=O)Nc2nc3scc(-c4ccc(Cl)cc4Cl)n3n2)cc1. The van der Waals surface area contributed by atoms with Gasteiger partial charge in [-0.1, -0.05) is 23.2 Å². The summed E-state index contributed by atoms with van der Waals surface area (Å²) >= 11 is 13.6. The number of aromatic nitrogens is 3. The average Bonchev–Trinajstić information content (AvgIpc) is 3.29. The Kier molecular flexibility index (Phi) is 6.08. The summed E-state index contributed by atoms with van der Waals surface area (Å²) in [6.45, 7) is 1.89. The number of nitrogens with zero attached hydrogens (tertiary/aromatic N) is 3. The van der Waals surface area contributed by atoms with Crippen LogP contribution in [0.5, 0.6) is 5.75 Å². The molecule has 31 heavy (non-hydrogen) atoms. The number of anilines is 1. The van der Waals surface area contributed by atoms with E-state index in [9.17, 15) is 9.59 Å². The number of hydrogen-bond acceptors (Lipinski definition) is 7. The normalized spacial score (nSPS) is 10.8. The van der Waals surface area contributed by atoms with Crippen molar-refractivity contribution in [2.45, 2.75) is 6.92 Å². The predicted molar refractivity (Wildman–Crippen MR) is 118 cm³/mol. The molecule has 1 amide bonds. The van der Waals surface area contributed by atoms with Gasteiger partial charge in [-0.05, 0) is 49.4 Å². The van der Waals surface area contributed by atoms with E-state index >= 15 is 0 Å². The zero-order valence-corrected chi connectivity index (χ0v) is 18.3. The molecule has 0 aliphatic rings. The van der Waals surface area contributed by atoms with Crippen molar-refractivity contribution in [3.63, 3.8) is 0 Å². The lowest BCUT2D eigenvalue weighted by Gasteiger charge is -2.05. The average molecular weight is 477 g/mol. The van der Waals surface area contributed by atoms with Crippen molar-refractivity contribution < 1.29 is 19.1 Å². The lowest BCUT2D eigenvalue weighted by Crippen LogP contribution is -2.13. The first-order chi connectivity index (χ1) is 14.9. The summed E-state index contributed by atoms with van der Waals surface area (Å²) in [5.41, 5.74) is 1.82. The molecule has 0 aliphatic carbocycles. The summed E-state index contributed by atoms with van der Waals surface area (Å²) in [7, 11) is 0. The van der Waals surface area contributed by atoms with Crippen molar-refractivity contribution in [1.29, 1.82) is 0 Å². The van der Waals surface area contributed by atoms with Crippen LogP contribution in [0, 0.1) is 0 Å². The van der Waals surface area contributed by atoms with Crippen LogP contribution in [-0.2, 0) is 4.74 Å². The van der Waals surface area contributed by atoms with E-state index in [1.165, 1.54) is 35.6 Å². The quantitative estimate of drug-likeness (QED) is 0.299. The lowest BCUT2D eigenvalue weighted by atomic mass is 10.2. The van der Waals surface area contributed by atoms with Gasteiger partial charge in [0.05, 0.1) is 17.3 Å². The number of hydrogen-bond donors (Lipinski definition) is 1. The fraction of sp³-hybridized carbons (Fsp3) is 0.100. The second-order valence-electron chi connectivity index (χ2n) is 6.14. The first-order valence-corrected chi connectivity index (χ1v) is 10.6. The third-order valence-corrected chi connectivity index (χ3v) is 5.46. The minimum Gasteiger partial charge on any atom is -0.434 e. The maximum atomic E-state index is 12.5. The molecule has 0 radical (unpaired) electrons. The second-order valence-corrected chi connectivity index (χ2v) is 7.82. The number of nitrogens with one attached hydrogen (secondary N) is 1. The number of fused-ring (bicyclic) bond motifs is 1. The molecule has 158 valence electrons. The molecule has 0 spiro atoms. The molecule has 2 aromatic heterocycles. The Morgan fingerprint density at radius 1 is 1.16 bits per heavy atom. The monoisotopic (exact) mass is 476 g/mol. The van der Waals surface area contributed by atoms with Crippen molar-refractivity contribution in [2.75, 3.05) is 11.9 Å². The van der Waals surface area contributed by atoms with Crippen molar-refractivity contribution in [3.8, 4) is 17.0 Å². The summed E-state index contributed by atoms with van der Waals surface area (Å²) in [4.78, 5) is 28.8. The first-order valence-electron chi connectivity index (χ1n) is 9.00. The summed E-state index contributed by atoms with van der Waals surface area (Å²) in [5, 5.41) is 9.91. The number of benzene rings is 2. The molecule has 0 unspecified atom stereocenters. The van der Waals surface area contributed by atoms with E-state index < -0.39 is 12.1 Å². The number of ether oxygens (including phenoxy) is 2. The highest BCUT2D eigenvalue weighted by molar-refractivity contribution is 7.15. The summed E-state index contributed by atoms with van der Waals surface area (Å²) < 4.78 is 11.3. The highest BCUT2D eigenvalue weighted by Crippen LogP contribution is 2.33. The highest BCUT2D eigenvalue weighted by Gasteiger charge is 2.16.